The van der Waals surface area contributed by atoms with E-state index in [1.807, 2.05) is 0 Å². The number of hydrazine groups is 1. The molecule has 2 heterocycles. The number of nitrogens with one attached hydrogen (secondary N) is 1. The summed E-state index contributed by atoms with van der Waals surface area (Å²) in [5, 5.41) is 2.86. The maximum atomic E-state index is 12.7. The van der Waals surface area contributed by atoms with E-state index in [4.69, 9.17) is 26.4 Å². The molecule has 1 aliphatic heterocycles. The Labute approximate surface area is 175 Å². The first-order chi connectivity index (χ1) is 13.5. The molecule has 1 N–H and O–H groups in total. The van der Waals surface area contributed by atoms with Gasteiger partial charge in [-0.15, -0.1) is 11.3 Å². The largest absolute Gasteiger partial charge is 0.493 e. The standard InChI is InChI=1S/C18H16N2O5S3/c1-23-11-7-10(8-12(24-2)15(11)25-3)9-14-17(22)20(18(26)28-14)19-16(21)13-5-4-6-27-13/h4-9H,1-3H3,(H,19,21)/b14-9+. The Morgan fingerprint density at radius 1 is 1.18 bits per heavy atom. The first-order valence-electron chi connectivity index (χ1n) is 7.91. The van der Waals surface area contributed by atoms with Crippen molar-refractivity contribution in [1.29, 1.82) is 0 Å². The molecule has 146 valence electrons. The molecule has 0 aliphatic carbocycles. The van der Waals surface area contributed by atoms with E-state index in [0.29, 0.717) is 32.6 Å². The summed E-state index contributed by atoms with van der Waals surface area (Å²) >= 11 is 7.62. The number of thioether (sulfide) groups is 1. The van der Waals surface area contributed by atoms with Crippen LogP contribution in [0.15, 0.2) is 34.6 Å². The number of ether oxygens (including phenoxy) is 3. The van der Waals surface area contributed by atoms with Gasteiger partial charge >= 0.3 is 0 Å². The normalized spacial score (nSPS) is 15.1. The zero-order valence-corrected chi connectivity index (χ0v) is 17.6. The number of rotatable bonds is 6. The van der Waals surface area contributed by atoms with Crippen LogP contribution in [-0.4, -0.2) is 42.5 Å². The average molecular weight is 437 g/mol. The lowest BCUT2D eigenvalue weighted by Gasteiger charge is -2.15. The Morgan fingerprint density at radius 2 is 1.86 bits per heavy atom. The van der Waals surface area contributed by atoms with Crippen molar-refractivity contribution in [3.05, 3.63) is 45.0 Å². The highest BCUT2D eigenvalue weighted by Crippen LogP contribution is 2.40. The number of hydrogen-bond acceptors (Lipinski definition) is 8. The van der Waals surface area contributed by atoms with E-state index >= 15 is 0 Å². The van der Waals surface area contributed by atoms with Crippen molar-refractivity contribution in [2.24, 2.45) is 0 Å². The van der Waals surface area contributed by atoms with Crippen LogP contribution >= 0.6 is 35.3 Å². The molecule has 7 nitrogen and oxygen atoms in total. The zero-order valence-electron chi connectivity index (χ0n) is 15.2. The van der Waals surface area contributed by atoms with Gasteiger partial charge in [-0.2, -0.15) is 5.01 Å². The monoisotopic (exact) mass is 436 g/mol. The first-order valence-corrected chi connectivity index (χ1v) is 10.0. The minimum Gasteiger partial charge on any atom is -0.493 e. The summed E-state index contributed by atoms with van der Waals surface area (Å²) in [7, 11) is 4.54. The maximum Gasteiger partial charge on any atom is 0.285 e. The molecule has 0 unspecified atom stereocenters. The molecule has 2 amide bonds. The lowest BCUT2D eigenvalue weighted by Crippen LogP contribution is -2.44. The second-order valence-corrected chi connectivity index (χ2v) is 8.02. The number of methoxy groups -OCH3 is 3. The molecule has 0 atom stereocenters. The number of amides is 2. The van der Waals surface area contributed by atoms with Crippen LogP contribution in [0.4, 0.5) is 0 Å². The van der Waals surface area contributed by atoms with Gasteiger partial charge in [0.25, 0.3) is 11.8 Å². The Kier molecular flexibility index (Phi) is 6.22. The van der Waals surface area contributed by atoms with Gasteiger partial charge in [-0.05, 0) is 47.4 Å². The molecule has 10 heteroatoms. The number of carbonyl (C=O) groups is 2. The predicted molar refractivity (Wildman–Crippen MR) is 113 cm³/mol. The van der Waals surface area contributed by atoms with Crippen molar-refractivity contribution in [1.82, 2.24) is 10.4 Å². The number of nitrogens with zero attached hydrogens (tertiary/aromatic N) is 1. The SMILES string of the molecule is COc1cc(/C=C2/SC(=S)N(NC(=O)c3cccs3)C2=O)cc(OC)c1OC. The van der Waals surface area contributed by atoms with Crippen LogP contribution in [0.2, 0.25) is 0 Å². The van der Waals surface area contributed by atoms with Crippen LogP contribution in [0.1, 0.15) is 15.2 Å². The minimum atomic E-state index is -0.409. The van der Waals surface area contributed by atoms with E-state index in [1.54, 1.807) is 35.7 Å². The van der Waals surface area contributed by atoms with E-state index in [9.17, 15) is 9.59 Å². The highest BCUT2D eigenvalue weighted by Gasteiger charge is 2.34. The van der Waals surface area contributed by atoms with Crippen molar-refractivity contribution >= 4 is 57.5 Å². The van der Waals surface area contributed by atoms with Crippen molar-refractivity contribution < 1.29 is 23.8 Å². The number of hydrogen-bond donors (Lipinski definition) is 1. The number of thiophene rings is 1. The Balaban J connectivity index is 1.86. The minimum absolute atomic E-state index is 0.244. The molecule has 0 radical (unpaired) electrons. The van der Waals surface area contributed by atoms with Gasteiger partial charge in [-0.25, -0.2) is 0 Å². The quantitative estimate of drug-likeness (QED) is 0.550. The van der Waals surface area contributed by atoms with Gasteiger partial charge in [0.15, 0.2) is 15.8 Å². The fraction of sp³-hybridized carbons (Fsp3) is 0.167. The van der Waals surface area contributed by atoms with Crippen molar-refractivity contribution in [2.45, 2.75) is 0 Å². The van der Waals surface area contributed by atoms with E-state index in [0.717, 1.165) is 16.8 Å². The molecule has 1 aromatic carbocycles. The predicted octanol–water partition coefficient (Wildman–Crippen LogP) is 3.32. The Hall–Kier alpha value is -2.56. The Morgan fingerprint density at radius 3 is 2.39 bits per heavy atom. The van der Waals surface area contributed by atoms with Crippen LogP contribution in [-0.2, 0) is 4.79 Å². The summed E-state index contributed by atoms with van der Waals surface area (Å²) in [4.78, 5) is 25.8. The second-order valence-electron chi connectivity index (χ2n) is 5.39. The molecule has 1 aromatic heterocycles. The Bertz CT molecular complexity index is 931. The molecule has 2 aromatic rings. The maximum absolute atomic E-state index is 12.7. The third-order valence-electron chi connectivity index (χ3n) is 3.74. The fourth-order valence-electron chi connectivity index (χ4n) is 2.46. The summed E-state index contributed by atoms with van der Waals surface area (Å²) in [5.74, 6) is 0.594. The third-order valence-corrected chi connectivity index (χ3v) is 5.91. The molecule has 28 heavy (non-hydrogen) atoms. The summed E-state index contributed by atoms with van der Waals surface area (Å²) in [5.41, 5.74) is 3.21. The molecular formula is C18H16N2O5S3. The van der Waals surface area contributed by atoms with Gasteiger partial charge in [0.2, 0.25) is 5.75 Å². The summed E-state index contributed by atoms with van der Waals surface area (Å²) in [6.07, 6.45) is 1.65. The molecule has 0 saturated carbocycles. The van der Waals surface area contributed by atoms with Gasteiger partial charge in [-0.1, -0.05) is 17.8 Å². The summed E-state index contributed by atoms with van der Waals surface area (Å²) in [6.45, 7) is 0. The summed E-state index contributed by atoms with van der Waals surface area (Å²) < 4.78 is 16.2. The van der Waals surface area contributed by atoms with Gasteiger partial charge in [0.05, 0.1) is 31.1 Å². The van der Waals surface area contributed by atoms with E-state index < -0.39 is 5.91 Å². The van der Waals surface area contributed by atoms with Crippen LogP contribution in [0, 0.1) is 0 Å². The molecule has 1 fully saturated rings. The first kappa shape index (κ1) is 20.2. The molecular weight excluding hydrogens is 420 g/mol. The molecule has 1 aliphatic rings. The number of thiocarbonyl (C=S) groups is 1. The average Bonchev–Trinajstić information content (AvgIpc) is 3.32. The smallest absolute Gasteiger partial charge is 0.285 e. The van der Waals surface area contributed by atoms with Gasteiger partial charge in [0, 0.05) is 0 Å². The number of carbonyl (C=O) groups excluding carboxylic acids is 2. The number of benzene rings is 1. The van der Waals surface area contributed by atoms with Crippen LogP contribution in [0.3, 0.4) is 0 Å². The summed E-state index contributed by atoms with van der Waals surface area (Å²) in [6, 6.07) is 6.87. The van der Waals surface area contributed by atoms with Gasteiger partial charge in [-0.3, -0.25) is 15.0 Å². The molecule has 0 bridgehead atoms. The second kappa shape index (κ2) is 8.63. The highest BCUT2D eigenvalue weighted by atomic mass is 32.2. The van der Waals surface area contributed by atoms with Gasteiger partial charge in [0.1, 0.15) is 0 Å². The van der Waals surface area contributed by atoms with Crippen molar-refractivity contribution in [3.8, 4) is 17.2 Å². The van der Waals surface area contributed by atoms with E-state index in [2.05, 4.69) is 5.43 Å². The molecule has 1 saturated heterocycles. The molecule has 0 spiro atoms. The molecule has 3 rings (SSSR count). The lowest BCUT2D eigenvalue weighted by atomic mass is 10.1. The zero-order chi connectivity index (χ0) is 20.3. The third kappa shape index (κ3) is 3.98. The van der Waals surface area contributed by atoms with Crippen LogP contribution in [0.5, 0.6) is 17.2 Å². The van der Waals surface area contributed by atoms with Gasteiger partial charge < -0.3 is 14.2 Å². The van der Waals surface area contributed by atoms with Crippen molar-refractivity contribution in [2.75, 3.05) is 21.3 Å². The fourth-order valence-corrected chi connectivity index (χ4v) is 4.26. The van der Waals surface area contributed by atoms with E-state index in [-0.39, 0.29) is 10.2 Å². The van der Waals surface area contributed by atoms with Crippen LogP contribution < -0.4 is 19.6 Å². The van der Waals surface area contributed by atoms with E-state index in [1.165, 1.54) is 32.7 Å². The highest BCUT2D eigenvalue weighted by molar-refractivity contribution is 8.26. The topological polar surface area (TPSA) is 77.1 Å². The lowest BCUT2D eigenvalue weighted by molar-refractivity contribution is -0.123. The van der Waals surface area contributed by atoms with Crippen molar-refractivity contribution in [3.63, 3.8) is 0 Å². The van der Waals surface area contributed by atoms with Crippen LogP contribution in [0.25, 0.3) is 6.08 Å².